The molecule has 1 saturated heterocycles. The molecule has 2 aliphatic rings. The van der Waals surface area contributed by atoms with Crippen LogP contribution in [-0.4, -0.2) is 40.8 Å². The van der Waals surface area contributed by atoms with Crippen molar-refractivity contribution in [3.8, 4) is 0 Å². The second kappa shape index (κ2) is 6.33. The Labute approximate surface area is 117 Å². The molecule has 20 heavy (non-hydrogen) atoms. The molecule has 1 unspecified atom stereocenters. The molecule has 1 N–H and O–H groups in total. The highest BCUT2D eigenvalue weighted by Gasteiger charge is 2.43. The fourth-order valence-corrected chi connectivity index (χ4v) is 3.57. The van der Waals surface area contributed by atoms with Gasteiger partial charge in [-0.3, -0.25) is 9.69 Å². The molecule has 116 valence electrons. The Morgan fingerprint density at radius 1 is 1.00 bits per heavy atom. The molecular formula is C14H22F3NO2. The van der Waals surface area contributed by atoms with E-state index in [0.29, 0.717) is 25.8 Å². The number of carboxylic acid groups (broad SMARTS) is 1. The molecule has 0 aromatic rings. The molecule has 1 atom stereocenters. The summed E-state index contributed by atoms with van der Waals surface area (Å²) in [7, 11) is 0. The van der Waals surface area contributed by atoms with Gasteiger partial charge in [0.05, 0.1) is 5.92 Å². The van der Waals surface area contributed by atoms with Crippen LogP contribution in [0.15, 0.2) is 0 Å². The number of hydrogen-bond acceptors (Lipinski definition) is 2. The van der Waals surface area contributed by atoms with Gasteiger partial charge in [-0.25, -0.2) is 0 Å². The lowest BCUT2D eigenvalue weighted by atomic mass is 9.84. The van der Waals surface area contributed by atoms with Crippen molar-refractivity contribution >= 4 is 5.97 Å². The quantitative estimate of drug-likeness (QED) is 0.848. The minimum absolute atomic E-state index is 0.00722. The van der Waals surface area contributed by atoms with Crippen molar-refractivity contribution in [1.29, 1.82) is 0 Å². The standard InChI is InChI=1S/C14H22F3NO2/c15-14(16,17)10-5-7-11(8-6-10)18-9-3-1-2-4-12(18)13(19)20/h10-12H,1-9H2,(H,19,20). The first-order chi connectivity index (χ1) is 9.39. The van der Waals surface area contributed by atoms with E-state index in [-0.39, 0.29) is 18.9 Å². The molecule has 0 aromatic heterocycles. The lowest BCUT2D eigenvalue weighted by molar-refractivity contribution is -0.185. The fraction of sp³-hybridized carbons (Fsp3) is 0.929. The number of hydrogen-bond donors (Lipinski definition) is 1. The van der Waals surface area contributed by atoms with Gasteiger partial charge in [-0.15, -0.1) is 0 Å². The second-order valence-corrected chi connectivity index (χ2v) is 5.99. The third-order valence-corrected chi connectivity index (χ3v) is 4.71. The van der Waals surface area contributed by atoms with Crippen LogP contribution < -0.4 is 0 Å². The molecule has 1 saturated carbocycles. The van der Waals surface area contributed by atoms with E-state index >= 15 is 0 Å². The zero-order valence-electron chi connectivity index (χ0n) is 11.5. The van der Waals surface area contributed by atoms with E-state index in [4.69, 9.17) is 0 Å². The predicted octanol–water partition coefficient (Wildman–Crippen LogP) is 3.44. The summed E-state index contributed by atoms with van der Waals surface area (Å²) in [4.78, 5) is 13.3. The van der Waals surface area contributed by atoms with Gasteiger partial charge in [0, 0.05) is 6.04 Å². The van der Waals surface area contributed by atoms with Gasteiger partial charge in [0.1, 0.15) is 6.04 Å². The number of alkyl halides is 3. The molecule has 2 rings (SSSR count). The van der Waals surface area contributed by atoms with Crippen molar-refractivity contribution in [1.82, 2.24) is 4.90 Å². The lowest BCUT2D eigenvalue weighted by Crippen LogP contribution is -2.49. The lowest BCUT2D eigenvalue weighted by Gasteiger charge is -2.39. The van der Waals surface area contributed by atoms with Gasteiger partial charge < -0.3 is 5.11 Å². The van der Waals surface area contributed by atoms with Crippen molar-refractivity contribution in [2.45, 2.75) is 69.6 Å². The number of rotatable bonds is 2. The molecular weight excluding hydrogens is 271 g/mol. The fourth-order valence-electron chi connectivity index (χ4n) is 3.57. The van der Waals surface area contributed by atoms with E-state index < -0.39 is 24.1 Å². The molecule has 0 aromatic carbocycles. The highest BCUT2D eigenvalue weighted by molar-refractivity contribution is 5.73. The Hall–Kier alpha value is -0.780. The summed E-state index contributed by atoms with van der Waals surface area (Å²) < 4.78 is 38.0. The van der Waals surface area contributed by atoms with Crippen LogP contribution in [0.5, 0.6) is 0 Å². The Morgan fingerprint density at radius 3 is 2.20 bits per heavy atom. The Balaban J connectivity index is 1.98. The average molecular weight is 293 g/mol. The van der Waals surface area contributed by atoms with Crippen molar-refractivity contribution in [3.05, 3.63) is 0 Å². The summed E-state index contributed by atoms with van der Waals surface area (Å²) >= 11 is 0. The monoisotopic (exact) mass is 293 g/mol. The maximum absolute atomic E-state index is 12.7. The zero-order chi connectivity index (χ0) is 14.8. The number of carboxylic acids is 1. The number of aliphatic carboxylic acids is 1. The maximum atomic E-state index is 12.7. The van der Waals surface area contributed by atoms with Gasteiger partial charge in [0.25, 0.3) is 0 Å². The molecule has 6 heteroatoms. The minimum Gasteiger partial charge on any atom is -0.480 e. The van der Waals surface area contributed by atoms with Gasteiger partial charge in [-0.05, 0) is 45.1 Å². The molecule has 1 aliphatic heterocycles. The first-order valence-electron chi connectivity index (χ1n) is 7.45. The number of carbonyl (C=O) groups is 1. The summed E-state index contributed by atoms with van der Waals surface area (Å²) in [5.41, 5.74) is 0. The van der Waals surface area contributed by atoms with E-state index in [2.05, 4.69) is 0 Å². The molecule has 0 bridgehead atoms. The van der Waals surface area contributed by atoms with Crippen LogP contribution in [0.25, 0.3) is 0 Å². The smallest absolute Gasteiger partial charge is 0.391 e. The molecule has 3 nitrogen and oxygen atoms in total. The van der Waals surface area contributed by atoms with Gasteiger partial charge in [0.2, 0.25) is 0 Å². The van der Waals surface area contributed by atoms with Crippen LogP contribution in [0.4, 0.5) is 13.2 Å². The van der Waals surface area contributed by atoms with Gasteiger partial charge in [0.15, 0.2) is 0 Å². The van der Waals surface area contributed by atoms with Crippen molar-refractivity contribution in [2.24, 2.45) is 5.92 Å². The molecule has 2 fully saturated rings. The van der Waals surface area contributed by atoms with Gasteiger partial charge in [-0.2, -0.15) is 13.2 Å². The highest BCUT2D eigenvalue weighted by atomic mass is 19.4. The Kier molecular flexibility index (Phi) is 4.94. The zero-order valence-corrected chi connectivity index (χ0v) is 11.5. The van der Waals surface area contributed by atoms with E-state index in [0.717, 1.165) is 19.3 Å². The van der Waals surface area contributed by atoms with Crippen LogP contribution in [0.2, 0.25) is 0 Å². The topological polar surface area (TPSA) is 40.5 Å². The third-order valence-electron chi connectivity index (χ3n) is 4.71. The normalized spacial score (nSPS) is 33.6. The Bertz CT molecular complexity index is 338. The number of nitrogens with zero attached hydrogens (tertiary/aromatic N) is 1. The molecule has 0 spiro atoms. The number of halogens is 3. The van der Waals surface area contributed by atoms with Crippen molar-refractivity contribution in [2.75, 3.05) is 6.54 Å². The Morgan fingerprint density at radius 2 is 1.65 bits per heavy atom. The molecule has 1 heterocycles. The predicted molar refractivity (Wildman–Crippen MR) is 68.4 cm³/mol. The van der Waals surface area contributed by atoms with Crippen LogP contribution in [0.3, 0.4) is 0 Å². The van der Waals surface area contributed by atoms with E-state index in [9.17, 15) is 23.1 Å². The summed E-state index contributed by atoms with van der Waals surface area (Å²) in [5.74, 6) is -2.03. The average Bonchev–Trinajstić information content (AvgIpc) is 2.63. The third kappa shape index (κ3) is 3.65. The second-order valence-electron chi connectivity index (χ2n) is 5.99. The van der Waals surface area contributed by atoms with E-state index in [1.165, 1.54) is 0 Å². The highest BCUT2D eigenvalue weighted by Crippen LogP contribution is 2.39. The van der Waals surface area contributed by atoms with Crippen molar-refractivity contribution in [3.63, 3.8) is 0 Å². The van der Waals surface area contributed by atoms with Gasteiger partial charge in [-0.1, -0.05) is 12.8 Å². The van der Waals surface area contributed by atoms with Crippen LogP contribution in [0, 0.1) is 5.92 Å². The largest absolute Gasteiger partial charge is 0.480 e. The van der Waals surface area contributed by atoms with Crippen LogP contribution in [-0.2, 0) is 4.79 Å². The first kappa shape index (κ1) is 15.6. The molecule has 1 aliphatic carbocycles. The maximum Gasteiger partial charge on any atom is 0.391 e. The van der Waals surface area contributed by atoms with Crippen LogP contribution in [0.1, 0.15) is 51.4 Å². The molecule has 0 amide bonds. The summed E-state index contributed by atoms with van der Waals surface area (Å²) in [6.45, 7) is 0.707. The number of likely N-dealkylation sites (tertiary alicyclic amines) is 1. The van der Waals surface area contributed by atoms with Crippen LogP contribution >= 0.6 is 0 Å². The first-order valence-corrected chi connectivity index (χ1v) is 7.45. The van der Waals surface area contributed by atoms with E-state index in [1.807, 2.05) is 4.90 Å². The van der Waals surface area contributed by atoms with E-state index in [1.54, 1.807) is 0 Å². The minimum atomic E-state index is -4.10. The van der Waals surface area contributed by atoms with Gasteiger partial charge >= 0.3 is 12.1 Å². The summed E-state index contributed by atoms with van der Waals surface area (Å²) in [6.07, 6.45) is 0.576. The SMILES string of the molecule is O=C(O)C1CCCCCN1C1CCC(C(F)(F)F)CC1. The summed E-state index contributed by atoms with van der Waals surface area (Å²) in [6, 6.07) is -0.502. The summed E-state index contributed by atoms with van der Waals surface area (Å²) in [5, 5.41) is 9.32. The molecule has 0 radical (unpaired) electrons. The van der Waals surface area contributed by atoms with Crippen molar-refractivity contribution < 1.29 is 23.1 Å².